The molecule has 0 aromatic heterocycles. The van der Waals surface area contributed by atoms with Gasteiger partial charge in [-0.25, -0.2) is 0 Å². The molecule has 2 aliphatic rings. The highest BCUT2D eigenvalue weighted by molar-refractivity contribution is 5.97. The van der Waals surface area contributed by atoms with E-state index in [2.05, 4.69) is 72.5 Å². The van der Waals surface area contributed by atoms with E-state index in [1.165, 1.54) is 44.2 Å². The zero-order valence-corrected chi connectivity index (χ0v) is 16.7. The van der Waals surface area contributed by atoms with Crippen LogP contribution >= 0.6 is 0 Å². The molecule has 3 aromatic carbocycles. The minimum absolute atomic E-state index is 0.185. The molecular weight excluding hydrogens is 358 g/mol. The average Bonchev–Trinajstić information content (AvgIpc) is 2.71. The van der Waals surface area contributed by atoms with E-state index in [0.29, 0.717) is 13.1 Å². The summed E-state index contributed by atoms with van der Waals surface area (Å²) in [6.45, 7) is 4.48. The summed E-state index contributed by atoms with van der Waals surface area (Å²) in [5, 5.41) is 11.7. The van der Waals surface area contributed by atoms with Gasteiger partial charge in [0.05, 0.1) is 5.92 Å². The summed E-state index contributed by atoms with van der Waals surface area (Å²) in [4.78, 5) is 13.3. The van der Waals surface area contributed by atoms with Crippen LogP contribution in [0.15, 0.2) is 66.2 Å². The van der Waals surface area contributed by atoms with Gasteiger partial charge in [0.2, 0.25) is 0 Å². The molecule has 0 amide bonds. The SMILES string of the molecule is CC1=C(CN2CC(C(=O)O)C2)CCc2cc(-c3cccc4ccccc34)ccc21. The molecule has 0 bridgehead atoms. The average molecular weight is 383 g/mol. The lowest BCUT2D eigenvalue weighted by molar-refractivity contribution is -0.147. The van der Waals surface area contributed by atoms with E-state index in [1.54, 1.807) is 0 Å². The Morgan fingerprint density at radius 2 is 1.79 bits per heavy atom. The second-order valence-corrected chi connectivity index (χ2v) is 8.36. The van der Waals surface area contributed by atoms with Gasteiger partial charge >= 0.3 is 5.97 Å². The van der Waals surface area contributed by atoms with Gasteiger partial charge in [0.25, 0.3) is 0 Å². The lowest BCUT2D eigenvalue weighted by Crippen LogP contribution is -2.50. The smallest absolute Gasteiger partial charge is 0.309 e. The van der Waals surface area contributed by atoms with Crippen molar-refractivity contribution in [3.8, 4) is 11.1 Å². The van der Waals surface area contributed by atoms with Crippen molar-refractivity contribution >= 4 is 22.3 Å². The number of aliphatic carboxylic acids is 1. The number of carboxylic acid groups (broad SMARTS) is 1. The molecule has 0 spiro atoms. The third kappa shape index (κ3) is 3.26. The normalized spacial score (nSPS) is 17.3. The molecule has 146 valence electrons. The van der Waals surface area contributed by atoms with Crippen LogP contribution in [-0.4, -0.2) is 35.6 Å². The lowest BCUT2D eigenvalue weighted by Gasteiger charge is -2.38. The fourth-order valence-corrected chi connectivity index (χ4v) is 4.80. The van der Waals surface area contributed by atoms with Gasteiger partial charge in [0, 0.05) is 19.6 Å². The summed E-state index contributed by atoms with van der Waals surface area (Å²) >= 11 is 0. The number of carbonyl (C=O) groups is 1. The molecule has 29 heavy (non-hydrogen) atoms. The fraction of sp³-hybridized carbons (Fsp3) is 0.269. The number of allylic oxidation sites excluding steroid dienone is 1. The standard InChI is InChI=1S/C26H25NO2/c1-17-21(14-27-15-22(16-27)26(28)29)10-9-19-13-20(11-12-23(17)19)25-8-4-6-18-5-2-3-7-24(18)25/h2-8,11-13,22H,9-10,14-16H2,1H3,(H,28,29). The van der Waals surface area contributed by atoms with Crippen LogP contribution in [0.4, 0.5) is 0 Å². The predicted octanol–water partition coefficient (Wildman–Crippen LogP) is 5.24. The Balaban J connectivity index is 1.43. The fourth-order valence-electron chi connectivity index (χ4n) is 4.80. The summed E-state index contributed by atoms with van der Waals surface area (Å²) in [5.74, 6) is -0.850. The molecule has 3 aromatic rings. The molecule has 0 atom stereocenters. The molecule has 1 aliphatic carbocycles. The highest BCUT2D eigenvalue weighted by atomic mass is 16.4. The molecule has 1 fully saturated rings. The summed E-state index contributed by atoms with van der Waals surface area (Å²) < 4.78 is 0. The van der Waals surface area contributed by atoms with Crippen LogP contribution in [0.5, 0.6) is 0 Å². The Labute approximate surface area is 171 Å². The highest BCUT2D eigenvalue weighted by Gasteiger charge is 2.33. The van der Waals surface area contributed by atoms with Gasteiger partial charge < -0.3 is 5.11 Å². The van der Waals surface area contributed by atoms with Crippen molar-refractivity contribution in [3.05, 3.63) is 77.4 Å². The van der Waals surface area contributed by atoms with Gasteiger partial charge in [-0.1, -0.05) is 66.2 Å². The van der Waals surface area contributed by atoms with Crippen LogP contribution in [0, 0.1) is 5.92 Å². The Bertz CT molecular complexity index is 1130. The third-order valence-electron chi connectivity index (χ3n) is 6.56. The predicted molar refractivity (Wildman–Crippen MR) is 118 cm³/mol. The second-order valence-electron chi connectivity index (χ2n) is 8.36. The number of hydrogen-bond donors (Lipinski definition) is 1. The molecular formula is C26H25NO2. The van der Waals surface area contributed by atoms with Gasteiger partial charge in [-0.15, -0.1) is 0 Å². The molecule has 0 saturated carbocycles. The van der Waals surface area contributed by atoms with E-state index >= 15 is 0 Å². The maximum absolute atomic E-state index is 11.0. The summed E-state index contributed by atoms with van der Waals surface area (Å²) in [6.07, 6.45) is 2.11. The molecule has 0 radical (unpaired) electrons. The van der Waals surface area contributed by atoms with Crippen LogP contribution < -0.4 is 0 Å². The molecule has 1 heterocycles. The van der Waals surface area contributed by atoms with Crippen molar-refractivity contribution in [2.75, 3.05) is 19.6 Å². The van der Waals surface area contributed by atoms with Crippen molar-refractivity contribution in [1.82, 2.24) is 4.90 Å². The van der Waals surface area contributed by atoms with Gasteiger partial charge in [-0.2, -0.15) is 0 Å². The van der Waals surface area contributed by atoms with Gasteiger partial charge in [0.1, 0.15) is 0 Å². The molecule has 0 unspecified atom stereocenters. The molecule has 1 aliphatic heterocycles. The Morgan fingerprint density at radius 1 is 1.00 bits per heavy atom. The minimum atomic E-state index is -0.665. The summed E-state index contributed by atoms with van der Waals surface area (Å²) in [6, 6.07) is 22.0. The number of rotatable bonds is 4. The first-order valence-corrected chi connectivity index (χ1v) is 10.4. The summed E-state index contributed by atoms with van der Waals surface area (Å²) in [7, 11) is 0. The number of aryl methyl sites for hydroxylation is 1. The number of carboxylic acids is 1. The van der Waals surface area contributed by atoms with Gasteiger partial charge in [-0.05, 0) is 58.4 Å². The largest absolute Gasteiger partial charge is 0.481 e. The van der Waals surface area contributed by atoms with E-state index in [1.807, 2.05) is 0 Å². The van der Waals surface area contributed by atoms with Crippen LogP contribution in [0.1, 0.15) is 24.5 Å². The van der Waals surface area contributed by atoms with Crippen molar-refractivity contribution < 1.29 is 9.90 Å². The maximum Gasteiger partial charge on any atom is 0.309 e. The monoisotopic (exact) mass is 383 g/mol. The number of nitrogens with zero attached hydrogens (tertiary/aromatic N) is 1. The lowest BCUT2D eigenvalue weighted by atomic mass is 9.83. The van der Waals surface area contributed by atoms with E-state index in [4.69, 9.17) is 5.11 Å². The molecule has 1 N–H and O–H groups in total. The Hall–Kier alpha value is -2.91. The summed E-state index contributed by atoms with van der Waals surface area (Å²) in [5.41, 5.74) is 8.17. The van der Waals surface area contributed by atoms with Crippen molar-refractivity contribution in [3.63, 3.8) is 0 Å². The zero-order valence-electron chi connectivity index (χ0n) is 16.7. The van der Waals surface area contributed by atoms with Crippen molar-refractivity contribution in [1.29, 1.82) is 0 Å². The van der Waals surface area contributed by atoms with Crippen LogP contribution in [-0.2, 0) is 11.2 Å². The third-order valence-corrected chi connectivity index (χ3v) is 6.56. The highest BCUT2D eigenvalue weighted by Crippen LogP contribution is 2.36. The molecule has 3 heteroatoms. The topological polar surface area (TPSA) is 40.5 Å². The van der Waals surface area contributed by atoms with E-state index in [0.717, 1.165) is 19.4 Å². The van der Waals surface area contributed by atoms with E-state index in [-0.39, 0.29) is 5.92 Å². The number of hydrogen-bond acceptors (Lipinski definition) is 2. The Kier molecular flexibility index (Phi) is 4.48. The molecule has 5 rings (SSSR count). The van der Waals surface area contributed by atoms with Crippen LogP contribution in [0.3, 0.4) is 0 Å². The number of likely N-dealkylation sites (tertiary alicyclic amines) is 1. The number of fused-ring (bicyclic) bond motifs is 2. The Morgan fingerprint density at radius 3 is 2.62 bits per heavy atom. The van der Waals surface area contributed by atoms with Crippen molar-refractivity contribution in [2.24, 2.45) is 5.92 Å². The zero-order chi connectivity index (χ0) is 20.0. The molecule has 3 nitrogen and oxygen atoms in total. The molecule has 1 saturated heterocycles. The first-order valence-electron chi connectivity index (χ1n) is 10.4. The van der Waals surface area contributed by atoms with Gasteiger partial charge in [0.15, 0.2) is 0 Å². The second kappa shape index (κ2) is 7.16. The number of benzene rings is 3. The quantitative estimate of drug-likeness (QED) is 0.669. The maximum atomic E-state index is 11.0. The van der Waals surface area contributed by atoms with Crippen molar-refractivity contribution in [2.45, 2.75) is 19.8 Å². The van der Waals surface area contributed by atoms with E-state index < -0.39 is 5.97 Å². The van der Waals surface area contributed by atoms with Crippen LogP contribution in [0.25, 0.3) is 27.5 Å². The van der Waals surface area contributed by atoms with Crippen LogP contribution in [0.2, 0.25) is 0 Å². The first kappa shape index (κ1) is 18.1. The first-order chi connectivity index (χ1) is 14.1. The van der Waals surface area contributed by atoms with E-state index in [9.17, 15) is 4.79 Å². The minimum Gasteiger partial charge on any atom is -0.481 e. The van der Waals surface area contributed by atoms with Gasteiger partial charge in [-0.3, -0.25) is 9.69 Å².